The average molecular weight is 364 g/mol. The van der Waals surface area contributed by atoms with Crippen LogP contribution in [0.4, 0.5) is 0 Å². The number of methoxy groups -OCH3 is 1. The van der Waals surface area contributed by atoms with Gasteiger partial charge in [0.15, 0.2) is 0 Å². The second kappa shape index (κ2) is 6.68. The van der Waals surface area contributed by atoms with Gasteiger partial charge >= 0.3 is 0 Å². The van der Waals surface area contributed by atoms with Crippen molar-refractivity contribution in [3.63, 3.8) is 0 Å². The number of allylic oxidation sites excluding steroid dienone is 2. The van der Waals surface area contributed by atoms with Crippen molar-refractivity contribution in [3.8, 4) is 5.75 Å². The second-order valence-electron chi connectivity index (χ2n) is 7.55. The van der Waals surface area contributed by atoms with E-state index in [9.17, 15) is 4.79 Å². The molecule has 3 atom stereocenters. The van der Waals surface area contributed by atoms with Gasteiger partial charge in [-0.2, -0.15) is 9.78 Å². The maximum atomic E-state index is 12.9. The summed E-state index contributed by atoms with van der Waals surface area (Å²) in [5.41, 5.74) is 3.17. The van der Waals surface area contributed by atoms with E-state index in [2.05, 4.69) is 41.9 Å². The molecule has 0 aliphatic heterocycles. The molecule has 0 spiro atoms. The van der Waals surface area contributed by atoms with Crippen LogP contribution in [0.15, 0.2) is 46.1 Å². The van der Waals surface area contributed by atoms with E-state index >= 15 is 0 Å². The monoisotopic (exact) mass is 364 g/mol. The van der Waals surface area contributed by atoms with Crippen molar-refractivity contribution in [2.75, 3.05) is 7.11 Å². The second-order valence-corrected chi connectivity index (χ2v) is 7.55. The van der Waals surface area contributed by atoms with Gasteiger partial charge < -0.3 is 9.72 Å². The number of aromatic nitrogens is 3. The molecule has 0 amide bonds. The lowest BCUT2D eigenvalue weighted by Gasteiger charge is -2.29. The fourth-order valence-electron chi connectivity index (χ4n) is 4.16. The largest absolute Gasteiger partial charge is 0.497 e. The Morgan fingerprint density at radius 2 is 2.19 bits per heavy atom. The van der Waals surface area contributed by atoms with Crippen LogP contribution in [0.5, 0.6) is 5.75 Å². The first-order valence-electron chi connectivity index (χ1n) is 9.26. The Morgan fingerprint density at radius 3 is 2.93 bits per heavy atom. The van der Waals surface area contributed by atoms with Crippen LogP contribution in [-0.2, 0) is 0 Å². The molecule has 3 aromatic rings. The van der Waals surface area contributed by atoms with Crippen LogP contribution in [0.1, 0.15) is 27.2 Å². The Morgan fingerprint density at radius 1 is 1.37 bits per heavy atom. The summed E-state index contributed by atoms with van der Waals surface area (Å²) >= 11 is 0. The Hall–Kier alpha value is -2.89. The van der Waals surface area contributed by atoms with E-state index in [0.717, 1.165) is 23.1 Å². The van der Waals surface area contributed by atoms with Gasteiger partial charge in [-0.3, -0.25) is 4.79 Å². The van der Waals surface area contributed by atoms with E-state index in [1.54, 1.807) is 7.11 Å². The Balaban J connectivity index is 1.74. The van der Waals surface area contributed by atoms with E-state index < -0.39 is 0 Å². The third-order valence-electron chi connectivity index (χ3n) is 5.52. The summed E-state index contributed by atoms with van der Waals surface area (Å²) in [6.07, 6.45) is 6.76. The lowest BCUT2D eigenvalue weighted by molar-refractivity contribution is 0.361. The molecule has 2 heterocycles. The Kier molecular flexibility index (Phi) is 4.34. The van der Waals surface area contributed by atoms with Crippen LogP contribution < -0.4 is 10.3 Å². The molecule has 0 radical (unpaired) electrons. The van der Waals surface area contributed by atoms with Gasteiger partial charge in [-0.1, -0.05) is 25.5 Å². The van der Waals surface area contributed by atoms with E-state index in [1.165, 1.54) is 16.6 Å². The molecular formula is C21H24N4O2. The normalized spacial score (nSPS) is 23.3. The third kappa shape index (κ3) is 3.05. The summed E-state index contributed by atoms with van der Waals surface area (Å²) in [7, 11) is 1.62. The molecule has 1 aromatic carbocycles. The third-order valence-corrected chi connectivity index (χ3v) is 5.52. The first-order chi connectivity index (χ1) is 13.0. The van der Waals surface area contributed by atoms with E-state index in [1.807, 2.05) is 24.4 Å². The van der Waals surface area contributed by atoms with Crippen LogP contribution in [-0.4, -0.2) is 28.0 Å². The van der Waals surface area contributed by atoms with Gasteiger partial charge in [-0.25, -0.2) is 4.98 Å². The number of aromatic amines is 1. The average Bonchev–Trinajstić information content (AvgIpc) is 3.01. The van der Waals surface area contributed by atoms with Crippen molar-refractivity contribution < 1.29 is 4.74 Å². The SMILES string of the molecule is COc1ccc2[nH]c3c(=O)n(/N=C/[C@H]4C(C)C=C(C)CC4C)cnc3c2c1. The van der Waals surface area contributed by atoms with Crippen molar-refractivity contribution in [3.05, 3.63) is 46.5 Å². The molecule has 4 rings (SSSR count). The molecule has 2 aromatic heterocycles. The number of nitrogens with zero attached hydrogens (tertiary/aromatic N) is 3. The zero-order valence-corrected chi connectivity index (χ0v) is 16.1. The first kappa shape index (κ1) is 17.5. The molecule has 1 N–H and O–H groups in total. The molecule has 0 saturated carbocycles. The zero-order valence-electron chi connectivity index (χ0n) is 16.1. The van der Waals surface area contributed by atoms with Crippen molar-refractivity contribution in [1.29, 1.82) is 0 Å². The predicted octanol–water partition coefficient (Wildman–Crippen LogP) is 3.96. The number of hydrogen-bond acceptors (Lipinski definition) is 4. The van der Waals surface area contributed by atoms with Gasteiger partial charge in [-0.15, -0.1) is 0 Å². The van der Waals surface area contributed by atoms with Crippen LogP contribution in [0.3, 0.4) is 0 Å². The lowest BCUT2D eigenvalue weighted by atomic mass is 9.76. The predicted molar refractivity (Wildman–Crippen MR) is 108 cm³/mol. The van der Waals surface area contributed by atoms with Gasteiger partial charge in [0.1, 0.15) is 23.1 Å². The summed E-state index contributed by atoms with van der Waals surface area (Å²) in [5.74, 6) is 1.95. The summed E-state index contributed by atoms with van der Waals surface area (Å²) in [6, 6.07) is 5.63. The van der Waals surface area contributed by atoms with Gasteiger partial charge in [0.25, 0.3) is 5.56 Å². The smallest absolute Gasteiger partial charge is 0.298 e. The fraction of sp³-hybridized carbons (Fsp3) is 0.381. The van der Waals surface area contributed by atoms with E-state index in [4.69, 9.17) is 4.74 Å². The van der Waals surface area contributed by atoms with Gasteiger partial charge in [0.2, 0.25) is 0 Å². The highest BCUT2D eigenvalue weighted by Crippen LogP contribution is 2.32. The summed E-state index contributed by atoms with van der Waals surface area (Å²) < 4.78 is 6.59. The van der Waals surface area contributed by atoms with Crippen LogP contribution in [0.25, 0.3) is 21.9 Å². The number of ether oxygens (including phenoxy) is 1. The van der Waals surface area contributed by atoms with Crippen LogP contribution in [0, 0.1) is 17.8 Å². The highest BCUT2D eigenvalue weighted by molar-refractivity contribution is 6.04. The minimum absolute atomic E-state index is 0.200. The molecule has 27 heavy (non-hydrogen) atoms. The van der Waals surface area contributed by atoms with E-state index in [-0.39, 0.29) is 5.56 Å². The molecule has 6 heteroatoms. The molecule has 0 bridgehead atoms. The summed E-state index contributed by atoms with van der Waals surface area (Å²) in [4.78, 5) is 20.5. The van der Waals surface area contributed by atoms with Crippen LogP contribution in [0.2, 0.25) is 0 Å². The molecule has 0 saturated heterocycles. The van der Waals surface area contributed by atoms with Crippen molar-refractivity contribution in [1.82, 2.24) is 14.6 Å². The van der Waals surface area contributed by atoms with Crippen molar-refractivity contribution >= 4 is 28.2 Å². The fourth-order valence-corrected chi connectivity index (χ4v) is 4.16. The number of rotatable bonds is 3. The molecule has 140 valence electrons. The summed E-state index contributed by atoms with van der Waals surface area (Å²) in [6.45, 7) is 6.61. The zero-order chi connectivity index (χ0) is 19.1. The Bertz CT molecular complexity index is 1120. The number of hydrogen-bond donors (Lipinski definition) is 1. The first-order valence-corrected chi connectivity index (χ1v) is 9.26. The van der Waals surface area contributed by atoms with Crippen LogP contribution >= 0.6 is 0 Å². The van der Waals surface area contributed by atoms with Crippen molar-refractivity contribution in [2.45, 2.75) is 27.2 Å². The highest BCUT2D eigenvalue weighted by Gasteiger charge is 2.25. The highest BCUT2D eigenvalue weighted by atomic mass is 16.5. The summed E-state index contributed by atoms with van der Waals surface area (Å²) in [5, 5.41) is 5.32. The van der Waals surface area contributed by atoms with Gasteiger partial charge in [-0.05, 0) is 43.4 Å². The molecular weight excluding hydrogens is 340 g/mol. The maximum absolute atomic E-state index is 12.9. The number of benzene rings is 1. The minimum Gasteiger partial charge on any atom is -0.497 e. The number of fused-ring (bicyclic) bond motifs is 3. The molecule has 0 fully saturated rings. The van der Waals surface area contributed by atoms with Crippen molar-refractivity contribution in [2.24, 2.45) is 22.9 Å². The van der Waals surface area contributed by atoms with E-state index in [0.29, 0.717) is 28.8 Å². The number of H-pyrrole nitrogens is 1. The topological polar surface area (TPSA) is 72.3 Å². The molecule has 1 aliphatic rings. The van der Waals surface area contributed by atoms with Gasteiger partial charge in [0.05, 0.1) is 7.11 Å². The standard InChI is InChI=1S/C21H24N4O2/c1-12-7-13(2)17(14(3)8-12)10-23-25-11-22-19-16-9-15(27-4)5-6-18(16)24-20(19)21(25)26/h5-7,9-11,13-14,17,24H,8H2,1-4H3/b23-10+/t13?,14?,17-/m0/s1. The quantitative estimate of drug-likeness (QED) is 0.565. The number of nitrogens with one attached hydrogen (secondary N) is 1. The Labute approximate surface area is 157 Å². The molecule has 1 aliphatic carbocycles. The van der Waals surface area contributed by atoms with Gasteiger partial charge in [0, 0.05) is 23.0 Å². The molecule has 6 nitrogen and oxygen atoms in total. The molecule has 2 unspecified atom stereocenters. The lowest BCUT2D eigenvalue weighted by Crippen LogP contribution is -2.26. The minimum atomic E-state index is -0.200. The maximum Gasteiger partial charge on any atom is 0.298 e.